The first-order valence-electron chi connectivity index (χ1n) is 7.88. The van der Waals surface area contributed by atoms with Crippen LogP contribution in [0.4, 0.5) is 4.39 Å². The molecular weight excluding hydrogens is 333 g/mol. The highest BCUT2D eigenvalue weighted by atomic mass is 32.2. The molecule has 1 aliphatic rings. The van der Waals surface area contributed by atoms with Crippen LogP contribution >= 0.6 is 0 Å². The van der Waals surface area contributed by atoms with Gasteiger partial charge in [-0.2, -0.15) is 9.57 Å². The fourth-order valence-electron chi connectivity index (χ4n) is 2.56. The summed E-state index contributed by atoms with van der Waals surface area (Å²) in [5.41, 5.74) is 0.656. The molecule has 24 heavy (non-hydrogen) atoms. The van der Waals surface area contributed by atoms with E-state index in [0.717, 1.165) is 13.1 Å². The van der Waals surface area contributed by atoms with E-state index in [0.29, 0.717) is 25.3 Å². The van der Waals surface area contributed by atoms with Crippen molar-refractivity contribution in [1.29, 1.82) is 5.26 Å². The molecule has 2 rings (SSSR count). The van der Waals surface area contributed by atoms with Crippen molar-refractivity contribution in [3.63, 3.8) is 0 Å². The second kappa shape index (κ2) is 8.53. The third kappa shape index (κ3) is 4.74. The van der Waals surface area contributed by atoms with Gasteiger partial charge in [0, 0.05) is 39.1 Å². The monoisotopic (exact) mass is 355 g/mol. The number of sulfonamides is 1. The highest BCUT2D eigenvalue weighted by Gasteiger charge is 2.27. The van der Waals surface area contributed by atoms with Gasteiger partial charge in [-0.25, -0.2) is 12.8 Å². The van der Waals surface area contributed by atoms with E-state index in [1.807, 2.05) is 6.07 Å². The van der Waals surface area contributed by atoms with E-state index in [9.17, 15) is 12.8 Å². The Morgan fingerprint density at radius 1 is 1.33 bits per heavy atom. The Hall–Kier alpha value is -1.53. The molecule has 0 N–H and O–H groups in total. The summed E-state index contributed by atoms with van der Waals surface area (Å²) < 4.78 is 46.1. The summed E-state index contributed by atoms with van der Waals surface area (Å²) in [5.74, 6) is -0.761. The zero-order valence-corrected chi connectivity index (χ0v) is 14.6. The first kappa shape index (κ1) is 18.8. The topological polar surface area (TPSA) is 73.6 Å². The second-order valence-electron chi connectivity index (χ2n) is 5.70. The van der Waals surface area contributed by atoms with Crippen LogP contribution in [0, 0.1) is 24.1 Å². The fraction of sp³-hybridized carbons (Fsp3) is 0.562. The molecule has 0 amide bonds. The lowest BCUT2D eigenvalue weighted by atomic mass is 10.2. The van der Waals surface area contributed by atoms with Crippen molar-refractivity contribution in [2.24, 2.45) is 0 Å². The molecule has 1 fully saturated rings. The van der Waals surface area contributed by atoms with Crippen LogP contribution in [0.1, 0.15) is 12.0 Å². The Kier molecular flexibility index (Phi) is 6.69. The first-order chi connectivity index (χ1) is 11.4. The largest absolute Gasteiger partial charge is 0.379 e. The number of nitriles is 1. The van der Waals surface area contributed by atoms with Gasteiger partial charge in [0.1, 0.15) is 10.7 Å². The summed E-state index contributed by atoms with van der Waals surface area (Å²) >= 11 is 0. The van der Waals surface area contributed by atoms with E-state index in [-0.39, 0.29) is 24.4 Å². The molecule has 0 aromatic heterocycles. The molecule has 1 aliphatic heterocycles. The highest BCUT2D eigenvalue weighted by molar-refractivity contribution is 7.89. The van der Waals surface area contributed by atoms with Gasteiger partial charge in [-0.15, -0.1) is 0 Å². The van der Waals surface area contributed by atoms with Gasteiger partial charge in [-0.05, 0) is 24.6 Å². The summed E-state index contributed by atoms with van der Waals surface area (Å²) in [4.78, 5) is 1.76. The maximum atomic E-state index is 14.1. The Morgan fingerprint density at radius 3 is 2.67 bits per heavy atom. The molecule has 1 aromatic carbocycles. The molecule has 0 spiro atoms. The van der Waals surface area contributed by atoms with Crippen LogP contribution in [-0.4, -0.2) is 63.6 Å². The Balaban J connectivity index is 2.16. The number of nitrogens with zero attached hydrogens (tertiary/aromatic N) is 3. The van der Waals surface area contributed by atoms with Gasteiger partial charge in [-0.1, -0.05) is 6.07 Å². The molecule has 0 atom stereocenters. The lowest BCUT2D eigenvalue weighted by molar-refractivity contribution is 0.0363. The molecule has 6 nitrogen and oxygen atoms in total. The van der Waals surface area contributed by atoms with Crippen molar-refractivity contribution in [3.8, 4) is 6.07 Å². The average Bonchev–Trinajstić information content (AvgIpc) is 2.55. The standard InChI is InChI=1S/C16H22FN3O3S/c1-14-3-4-16(15(17)13-14)24(21,22)20(6-2-5-18)8-7-19-9-11-23-12-10-19/h3-4,13H,2,6-12H2,1H3. The number of rotatable bonds is 7. The van der Waals surface area contributed by atoms with Crippen LogP contribution in [0.2, 0.25) is 0 Å². The number of benzene rings is 1. The van der Waals surface area contributed by atoms with Gasteiger partial charge >= 0.3 is 0 Å². The maximum absolute atomic E-state index is 14.1. The summed E-state index contributed by atoms with van der Waals surface area (Å²) in [7, 11) is -3.97. The predicted molar refractivity (Wildman–Crippen MR) is 87.4 cm³/mol. The third-order valence-electron chi connectivity index (χ3n) is 3.95. The zero-order chi connectivity index (χ0) is 17.6. The summed E-state index contributed by atoms with van der Waals surface area (Å²) in [6, 6.07) is 6.01. The second-order valence-corrected chi connectivity index (χ2v) is 7.61. The number of halogens is 1. The minimum atomic E-state index is -3.97. The van der Waals surface area contributed by atoms with E-state index >= 15 is 0 Å². The van der Waals surface area contributed by atoms with E-state index in [2.05, 4.69) is 4.90 Å². The van der Waals surface area contributed by atoms with E-state index in [4.69, 9.17) is 10.00 Å². The average molecular weight is 355 g/mol. The molecule has 8 heteroatoms. The number of aryl methyl sites for hydroxylation is 1. The first-order valence-corrected chi connectivity index (χ1v) is 9.32. The fourth-order valence-corrected chi connectivity index (χ4v) is 4.04. The van der Waals surface area contributed by atoms with Crippen LogP contribution in [0.25, 0.3) is 0 Å². The van der Waals surface area contributed by atoms with E-state index in [1.165, 1.54) is 16.4 Å². The number of hydrogen-bond acceptors (Lipinski definition) is 5. The molecule has 0 radical (unpaired) electrons. The number of ether oxygens (including phenoxy) is 1. The van der Waals surface area contributed by atoms with Gasteiger partial charge in [0.25, 0.3) is 0 Å². The lowest BCUT2D eigenvalue weighted by Gasteiger charge is -2.29. The molecule has 1 heterocycles. The normalized spacial score (nSPS) is 16.2. The molecule has 1 saturated heterocycles. The Labute approximate surface area is 142 Å². The summed E-state index contributed by atoms with van der Waals surface area (Å²) in [6.07, 6.45) is 0.0653. The van der Waals surface area contributed by atoms with Crippen molar-refractivity contribution in [3.05, 3.63) is 29.6 Å². The summed E-state index contributed by atoms with van der Waals surface area (Å²) in [6.45, 7) is 5.23. The molecule has 0 bridgehead atoms. The van der Waals surface area contributed by atoms with Gasteiger partial charge in [0.2, 0.25) is 10.0 Å². The van der Waals surface area contributed by atoms with Crippen LogP contribution in [-0.2, 0) is 14.8 Å². The Bertz CT molecular complexity index is 697. The van der Waals surface area contributed by atoms with Gasteiger partial charge in [0.15, 0.2) is 0 Å². The van der Waals surface area contributed by atoms with E-state index in [1.54, 1.807) is 13.0 Å². The molecule has 1 aromatic rings. The predicted octanol–water partition coefficient (Wildman–Crippen LogP) is 1.37. The minimum Gasteiger partial charge on any atom is -0.379 e. The maximum Gasteiger partial charge on any atom is 0.246 e. The van der Waals surface area contributed by atoms with Crippen molar-refractivity contribution in [2.75, 3.05) is 45.9 Å². The third-order valence-corrected chi connectivity index (χ3v) is 5.88. The summed E-state index contributed by atoms with van der Waals surface area (Å²) in [5, 5.41) is 8.79. The SMILES string of the molecule is Cc1ccc(S(=O)(=O)N(CCC#N)CCN2CCOCC2)c(F)c1. The molecule has 132 valence electrons. The lowest BCUT2D eigenvalue weighted by Crippen LogP contribution is -2.43. The van der Waals surface area contributed by atoms with Crippen LogP contribution in [0.5, 0.6) is 0 Å². The number of hydrogen-bond donors (Lipinski definition) is 0. The van der Waals surface area contributed by atoms with Gasteiger partial charge in [-0.3, -0.25) is 4.90 Å². The molecule has 0 aliphatic carbocycles. The quantitative estimate of drug-likeness (QED) is 0.739. The van der Waals surface area contributed by atoms with Crippen LogP contribution in [0.15, 0.2) is 23.1 Å². The van der Waals surface area contributed by atoms with E-state index < -0.39 is 15.8 Å². The Morgan fingerprint density at radius 2 is 2.04 bits per heavy atom. The van der Waals surface area contributed by atoms with Crippen molar-refractivity contribution in [2.45, 2.75) is 18.2 Å². The van der Waals surface area contributed by atoms with Crippen molar-refractivity contribution < 1.29 is 17.5 Å². The molecule has 0 saturated carbocycles. The number of morpholine rings is 1. The molecule has 0 unspecified atom stereocenters. The highest BCUT2D eigenvalue weighted by Crippen LogP contribution is 2.20. The van der Waals surface area contributed by atoms with Crippen molar-refractivity contribution >= 4 is 10.0 Å². The minimum absolute atomic E-state index is 0.0521. The van der Waals surface area contributed by atoms with Crippen molar-refractivity contribution in [1.82, 2.24) is 9.21 Å². The van der Waals surface area contributed by atoms with Gasteiger partial charge in [0.05, 0.1) is 19.3 Å². The van der Waals surface area contributed by atoms with Crippen LogP contribution < -0.4 is 0 Å². The molecular formula is C16H22FN3O3S. The zero-order valence-electron chi connectivity index (χ0n) is 13.7. The van der Waals surface area contributed by atoms with Crippen LogP contribution in [0.3, 0.4) is 0 Å². The van der Waals surface area contributed by atoms with Gasteiger partial charge < -0.3 is 4.74 Å². The smallest absolute Gasteiger partial charge is 0.246 e.